The van der Waals surface area contributed by atoms with Crippen LogP contribution in [-0.2, 0) is 10.2 Å². The van der Waals surface area contributed by atoms with Crippen molar-refractivity contribution in [2.45, 2.75) is 45.4 Å². The number of hydrogen-bond donors (Lipinski definition) is 2. The molecule has 0 heterocycles. The largest absolute Gasteiger partial charge is 0.494 e. The van der Waals surface area contributed by atoms with E-state index in [-0.39, 0.29) is 11.3 Å². The number of ether oxygens (including phenoxy) is 1. The molecule has 0 aliphatic rings. The zero-order valence-electron chi connectivity index (χ0n) is 12.0. The first-order chi connectivity index (χ1) is 8.93. The standard InChI is InChI=1S/C15H24N2O2/c1-15(2,3)12-7-9-13(10-8-12)19-11-5-4-6-14(18)17-16/h7-10H,4-6,11,16H2,1-3H3,(H,17,18). The van der Waals surface area contributed by atoms with Crippen molar-refractivity contribution in [3.05, 3.63) is 29.8 Å². The Morgan fingerprint density at radius 2 is 1.84 bits per heavy atom. The quantitative estimate of drug-likeness (QED) is 0.359. The SMILES string of the molecule is CC(C)(C)c1ccc(OCCCCC(=O)NN)cc1. The van der Waals surface area contributed by atoms with Gasteiger partial charge in [0, 0.05) is 6.42 Å². The molecular weight excluding hydrogens is 240 g/mol. The Balaban J connectivity index is 2.29. The van der Waals surface area contributed by atoms with Crippen molar-refractivity contribution in [2.24, 2.45) is 5.84 Å². The molecular formula is C15H24N2O2. The van der Waals surface area contributed by atoms with E-state index >= 15 is 0 Å². The highest BCUT2D eigenvalue weighted by molar-refractivity contribution is 5.75. The molecule has 0 spiro atoms. The summed E-state index contributed by atoms with van der Waals surface area (Å²) in [5, 5.41) is 0. The molecule has 0 atom stereocenters. The lowest BCUT2D eigenvalue weighted by molar-refractivity contribution is -0.121. The van der Waals surface area contributed by atoms with Crippen molar-refractivity contribution >= 4 is 5.91 Å². The van der Waals surface area contributed by atoms with Gasteiger partial charge in [-0.2, -0.15) is 0 Å². The van der Waals surface area contributed by atoms with Crippen LogP contribution >= 0.6 is 0 Å². The summed E-state index contributed by atoms with van der Waals surface area (Å²) >= 11 is 0. The molecule has 3 N–H and O–H groups in total. The van der Waals surface area contributed by atoms with Gasteiger partial charge in [0.1, 0.15) is 5.75 Å². The van der Waals surface area contributed by atoms with Crippen molar-refractivity contribution in [2.75, 3.05) is 6.61 Å². The number of nitrogens with two attached hydrogens (primary N) is 1. The van der Waals surface area contributed by atoms with Gasteiger partial charge in [0.25, 0.3) is 0 Å². The third-order valence-corrected chi connectivity index (χ3v) is 2.95. The van der Waals surface area contributed by atoms with Crippen molar-refractivity contribution < 1.29 is 9.53 Å². The minimum atomic E-state index is -0.130. The maximum atomic E-state index is 10.9. The van der Waals surface area contributed by atoms with Crippen LogP contribution in [-0.4, -0.2) is 12.5 Å². The average molecular weight is 264 g/mol. The maximum absolute atomic E-state index is 10.9. The topological polar surface area (TPSA) is 64.3 Å². The Morgan fingerprint density at radius 1 is 1.21 bits per heavy atom. The van der Waals surface area contributed by atoms with E-state index in [4.69, 9.17) is 10.6 Å². The molecule has 1 amide bonds. The second kappa shape index (κ2) is 7.14. The fraction of sp³-hybridized carbons (Fsp3) is 0.533. The van der Waals surface area contributed by atoms with Crippen LogP contribution in [0.1, 0.15) is 45.6 Å². The number of unbranched alkanes of at least 4 members (excludes halogenated alkanes) is 1. The number of benzene rings is 1. The second-order valence-electron chi connectivity index (χ2n) is 5.65. The van der Waals surface area contributed by atoms with Crippen LogP contribution in [0.25, 0.3) is 0 Å². The number of carbonyl (C=O) groups excluding carboxylic acids is 1. The number of rotatable bonds is 6. The van der Waals surface area contributed by atoms with E-state index in [9.17, 15) is 4.79 Å². The summed E-state index contributed by atoms with van der Waals surface area (Å²) in [4.78, 5) is 10.9. The van der Waals surface area contributed by atoms with Crippen molar-refractivity contribution in [1.82, 2.24) is 5.43 Å². The van der Waals surface area contributed by atoms with Gasteiger partial charge in [-0.25, -0.2) is 5.84 Å². The molecule has 0 unspecified atom stereocenters. The highest BCUT2D eigenvalue weighted by atomic mass is 16.5. The molecule has 19 heavy (non-hydrogen) atoms. The predicted molar refractivity (Wildman–Crippen MR) is 76.8 cm³/mol. The van der Waals surface area contributed by atoms with Gasteiger partial charge >= 0.3 is 0 Å². The van der Waals surface area contributed by atoms with E-state index in [0.717, 1.165) is 18.6 Å². The van der Waals surface area contributed by atoms with Crippen LogP contribution in [0.3, 0.4) is 0 Å². The van der Waals surface area contributed by atoms with E-state index in [1.807, 2.05) is 12.1 Å². The number of carbonyl (C=O) groups is 1. The van der Waals surface area contributed by atoms with E-state index in [0.29, 0.717) is 13.0 Å². The minimum Gasteiger partial charge on any atom is -0.494 e. The summed E-state index contributed by atoms with van der Waals surface area (Å²) in [7, 11) is 0. The first kappa shape index (κ1) is 15.5. The number of hydrazine groups is 1. The molecule has 4 nitrogen and oxygen atoms in total. The molecule has 0 aliphatic heterocycles. The Hall–Kier alpha value is -1.55. The van der Waals surface area contributed by atoms with Gasteiger partial charge in [0.2, 0.25) is 5.91 Å². The third-order valence-electron chi connectivity index (χ3n) is 2.95. The summed E-state index contributed by atoms with van der Waals surface area (Å²) in [6.07, 6.45) is 2.07. The van der Waals surface area contributed by atoms with Gasteiger partial charge in [-0.1, -0.05) is 32.9 Å². The fourth-order valence-corrected chi connectivity index (χ4v) is 1.70. The molecule has 0 aromatic heterocycles. The molecule has 0 saturated carbocycles. The summed E-state index contributed by atoms with van der Waals surface area (Å²) in [6, 6.07) is 8.18. The molecule has 106 valence electrons. The Labute approximate surface area is 115 Å². The van der Waals surface area contributed by atoms with E-state index in [1.54, 1.807) is 0 Å². The molecule has 4 heteroatoms. The predicted octanol–water partition coefficient (Wildman–Crippen LogP) is 2.52. The molecule has 1 rings (SSSR count). The fourth-order valence-electron chi connectivity index (χ4n) is 1.70. The number of hydrogen-bond acceptors (Lipinski definition) is 3. The average Bonchev–Trinajstić information content (AvgIpc) is 2.37. The van der Waals surface area contributed by atoms with Crippen molar-refractivity contribution in [3.63, 3.8) is 0 Å². The van der Waals surface area contributed by atoms with E-state index in [1.165, 1.54) is 5.56 Å². The van der Waals surface area contributed by atoms with Gasteiger partial charge in [-0.05, 0) is 36.0 Å². The highest BCUT2D eigenvalue weighted by Crippen LogP contribution is 2.24. The monoisotopic (exact) mass is 264 g/mol. The summed E-state index contributed by atoms with van der Waals surface area (Å²) in [5.74, 6) is 5.74. The number of nitrogens with one attached hydrogen (secondary N) is 1. The Bertz CT molecular complexity index is 394. The summed E-state index contributed by atoms with van der Waals surface area (Å²) < 4.78 is 5.63. The summed E-state index contributed by atoms with van der Waals surface area (Å²) in [6.45, 7) is 7.18. The van der Waals surface area contributed by atoms with Crippen LogP contribution in [0, 0.1) is 0 Å². The minimum absolute atomic E-state index is 0.130. The van der Waals surface area contributed by atoms with Crippen LogP contribution in [0.4, 0.5) is 0 Å². The van der Waals surface area contributed by atoms with Gasteiger partial charge < -0.3 is 4.74 Å². The normalized spacial score (nSPS) is 11.2. The third kappa shape index (κ3) is 5.75. The lowest BCUT2D eigenvalue weighted by atomic mass is 9.87. The van der Waals surface area contributed by atoms with Crippen LogP contribution in [0.5, 0.6) is 5.75 Å². The zero-order valence-corrected chi connectivity index (χ0v) is 12.0. The lowest BCUT2D eigenvalue weighted by Gasteiger charge is -2.19. The van der Waals surface area contributed by atoms with E-state index in [2.05, 4.69) is 38.3 Å². The zero-order chi connectivity index (χ0) is 14.3. The van der Waals surface area contributed by atoms with Crippen LogP contribution < -0.4 is 16.0 Å². The first-order valence-corrected chi connectivity index (χ1v) is 6.66. The lowest BCUT2D eigenvalue weighted by Crippen LogP contribution is -2.29. The molecule has 0 aliphatic carbocycles. The van der Waals surface area contributed by atoms with Crippen molar-refractivity contribution in [3.8, 4) is 5.75 Å². The molecule has 0 radical (unpaired) electrons. The van der Waals surface area contributed by atoms with Gasteiger partial charge in [0.15, 0.2) is 0 Å². The second-order valence-corrected chi connectivity index (χ2v) is 5.65. The van der Waals surface area contributed by atoms with Gasteiger partial charge in [0.05, 0.1) is 6.61 Å². The highest BCUT2D eigenvalue weighted by Gasteiger charge is 2.12. The smallest absolute Gasteiger partial charge is 0.233 e. The van der Waals surface area contributed by atoms with Crippen LogP contribution in [0.15, 0.2) is 24.3 Å². The van der Waals surface area contributed by atoms with Gasteiger partial charge in [-0.15, -0.1) is 0 Å². The Morgan fingerprint density at radius 3 is 2.37 bits per heavy atom. The van der Waals surface area contributed by atoms with Gasteiger partial charge in [-0.3, -0.25) is 10.2 Å². The Kier molecular flexibility index (Phi) is 5.83. The molecule has 1 aromatic rings. The summed E-state index contributed by atoms with van der Waals surface area (Å²) in [5.41, 5.74) is 3.57. The first-order valence-electron chi connectivity index (χ1n) is 6.66. The molecule has 0 fully saturated rings. The maximum Gasteiger partial charge on any atom is 0.233 e. The van der Waals surface area contributed by atoms with Crippen LogP contribution in [0.2, 0.25) is 0 Å². The molecule has 1 aromatic carbocycles. The van der Waals surface area contributed by atoms with Crippen molar-refractivity contribution in [1.29, 1.82) is 0 Å². The molecule has 0 bridgehead atoms. The number of amides is 1. The molecule has 0 saturated heterocycles. The van der Waals surface area contributed by atoms with E-state index < -0.39 is 0 Å².